The minimum Gasteiger partial charge on any atom is -0.342 e. The van der Waals surface area contributed by atoms with Crippen molar-refractivity contribution in [3.8, 4) is 0 Å². The SMILES string of the molecule is Cc1nc2ccc(NC(=O)CC3CCN(S(C)(=O)=O)CC3)cc2[nH]1. The van der Waals surface area contributed by atoms with Crippen molar-refractivity contribution in [2.75, 3.05) is 24.7 Å². The highest BCUT2D eigenvalue weighted by molar-refractivity contribution is 7.88. The van der Waals surface area contributed by atoms with Crippen LogP contribution in [0.25, 0.3) is 11.0 Å². The van der Waals surface area contributed by atoms with Crippen molar-refractivity contribution in [2.45, 2.75) is 26.2 Å². The number of rotatable bonds is 4. The van der Waals surface area contributed by atoms with Gasteiger partial charge in [0.25, 0.3) is 0 Å². The number of amides is 1. The number of aromatic amines is 1. The smallest absolute Gasteiger partial charge is 0.224 e. The number of aryl methyl sites for hydroxylation is 1. The molecule has 7 nitrogen and oxygen atoms in total. The Balaban J connectivity index is 1.55. The number of hydrogen-bond donors (Lipinski definition) is 2. The van der Waals surface area contributed by atoms with Gasteiger partial charge >= 0.3 is 0 Å². The molecule has 0 radical (unpaired) electrons. The fraction of sp³-hybridized carbons (Fsp3) is 0.500. The largest absolute Gasteiger partial charge is 0.342 e. The summed E-state index contributed by atoms with van der Waals surface area (Å²) in [5, 5.41) is 2.91. The van der Waals surface area contributed by atoms with Crippen LogP contribution in [0.3, 0.4) is 0 Å². The number of benzene rings is 1. The topological polar surface area (TPSA) is 95.2 Å². The van der Waals surface area contributed by atoms with Crippen LogP contribution in [-0.2, 0) is 14.8 Å². The van der Waals surface area contributed by atoms with Crippen LogP contribution in [0.2, 0.25) is 0 Å². The van der Waals surface area contributed by atoms with Crippen molar-refractivity contribution < 1.29 is 13.2 Å². The van der Waals surface area contributed by atoms with Gasteiger partial charge < -0.3 is 10.3 Å². The van der Waals surface area contributed by atoms with Gasteiger partial charge in [0.2, 0.25) is 15.9 Å². The van der Waals surface area contributed by atoms with Crippen LogP contribution in [0.5, 0.6) is 0 Å². The van der Waals surface area contributed by atoms with E-state index in [0.29, 0.717) is 19.5 Å². The summed E-state index contributed by atoms with van der Waals surface area (Å²) in [5.74, 6) is 1.02. The fourth-order valence-electron chi connectivity index (χ4n) is 3.13. The Morgan fingerprint density at radius 1 is 1.38 bits per heavy atom. The number of piperidine rings is 1. The Morgan fingerprint density at radius 2 is 2.08 bits per heavy atom. The highest BCUT2D eigenvalue weighted by Gasteiger charge is 2.26. The van der Waals surface area contributed by atoms with Gasteiger partial charge in [0.1, 0.15) is 5.82 Å². The molecule has 1 aromatic carbocycles. The molecule has 1 amide bonds. The van der Waals surface area contributed by atoms with Crippen LogP contribution >= 0.6 is 0 Å². The molecule has 0 aliphatic carbocycles. The third-order valence-corrected chi connectivity index (χ3v) is 5.70. The molecule has 0 bridgehead atoms. The lowest BCUT2D eigenvalue weighted by atomic mass is 9.94. The maximum Gasteiger partial charge on any atom is 0.224 e. The first-order valence-electron chi connectivity index (χ1n) is 8.02. The average Bonchev–Trinajstić information content (AvgIpc) is 2.86. The fourth-order valence-corrected chi connectivity index (χ4v) is 4.01. The number of carbonyl (C=O) groups excluding carboxylic acids is 1. The van der Waals surface area contributed by atoms with Crippen molar-refractivity contribution in [1.82, 2.24) is 14.3 Å². The lowest BCUT2D eigenvalue weighted by Gasteiger charge is -2.29. The number of aromatic nitrogens is 2. The predicted octanol–water partition coefficient (Wildman–Crippen LogP) is 1.87. The Labute approximate surface area is 141 Å². The van der Waals surface area contributed by atoms with Gasteiger partial charge in [-0.2, -0.15) is 0 Å². The van der Waals surface area contributed by atoms with Crippen molar-refractivity contribution in [3.63, 3.8) is 0 Å². The predicted molar refractivity (Wildman–Crippen MR) is 93.2 cm³/mol. The number of nitrogens with zero attached hydrogens (tertiary/aromatic N) is 2. The van der Waals surface area contributed by atoms with Gasteiger partial charge in [0.05, 0.1) is 17.3 Å². The first kappa shape index (κ1) is 16.9. The molecule has 0 saturated carbocycles. The van der Waals surface area contributed by atoms with Crippen LogP contribution < -0.4 is 5.32 Å². The Morgan fingerprint density at radius 3 is 2.75 bits per heavy atom. The molecule has 0 atom stereocenters. The van der Waals surface area contributed by atoms with Gasteiger partial charge in [0.15, 0.2) is 0 Å². The molecule has 8 heteroatoms. The Kier molecular flexibility index (Phi) is 4.60. The molecule has 1 aromatic heterocycles. The monoisotopic (exact) mass is 350 g/mol. The summed E-state index contributed by atoms with van der Waals surface area (Å²) in [7, 11) is -3.12. The molecular formula is C16H22N4O3S. The zero-order chi connectivity index (χ0) is 17.3. The van der Waals surface area contributed by atoms with E-state index in [1.54, 1.807) is 0 Å². The van der Waals surface area contributed by atoms with E-state index in [9.17, 15) is 13.2 Å². The summed E-state index contributed by atoms with van der Waals surface area (Å²) < 4.78 is 24.5. The molecule has 130 valence electrons. The second-order valence-electron chi connectivity index (χ2n) is 6.41. The zero-order valence-corrected chi connectivity index (χ0v) is 14.7. The minimum atomic E-state index is -3.12. The van der Waals surface area contributed by atoms with E-state index in [4.69, 9.17) is 0 Å². The summed E-state index contributed by atoms with van der Waals surface area (Å²) in [6.07, 6.45) is 3.09. The maximum atomic E-state index is 12.2. The van der Waals surface area contributed by atoms with E-state index in [1.165, 1.54) is 10.6 Å². The number of fused-ring (bicyclic) bond motifs is 1. The molecule has 2 heterocycles. The van der Waals surface area contributed by atoms with Crippen molar-refractivity contribution in [3.05, 3.63) is 24.0 Å². The first-order valence-corrected chi connectivity index (χ1v) is 9.87. The maximum absolute atomic E-state index is 12.2. The second-order valence-corrected chi connectivity index (χ2v) is 8.39. The van der Waals surface area contributed by atoms with Gasteiger partial charge in [-0.15, -0.1) is 0 Å². The standard InChI is InChI=1S/C16H22N4O3S/c1-11-17-14-4-3-13(10-15(14)18-11)19-16(21)9-12-5-7-20(8-6-12)24(2,22)23/h3-4,10,12H,5-9H2,1-2H3,(H,17,18)(H,19,21). The third kappa shape index (κ3) is 3.93. The summed E-state index contributed by atoms with van der Waals surface area (Å²) in [5.41, 5.74) is 2.51. The summed E-state index contributed by atoms with van der Waals surface area (Å²) in [6.45, 7) is 2.88. The number of carbonyl (C=O) groups is 1. The molecule has 24 heavy (non-hydrogen) atoms. The van der Waals surface area contributed by atoms with Crippen molar-refractivity contribution in [1.29, 1.82) is 0 Å². The van der Waals surface area contributed by atoms with Gasteiger partial charge in [-0.1, -0.05) is 0 Å². The number of hydrogen-bond acceptors (Lipinski definition) is 4. The van der Waals surface area contributed by atoms with E-state index in [1.807, 2.05) is 25.1 Å². The van der Waals surface area contributed by atoms with E-state index < -0.39 is 10.0 Å². The first-order chi connectivity index (χ1) is 11.3. The van der Waals surface area contributed by atoms with Crippen LogP contribution in [0.1, 0.15) is 25.1 Å². The van der Waals surface area contributed by atoms with E-state index in [0.717, 1.165) is 35.4 Å². The molecule has 3 rings (SSSR count). The van der Waals surface area contributed by atoms with Crippen LogP contribution in [0.4, 0.5) is 5.69 Å². The van der Waals surface area contributed by atoms with Gasteiger partial charge in [-0.3, -0.25) is 4.79 Å². The molecule has 1 aliphatic heterocycles. The average molecular weight is 350 g/mol. The van der Waals surface area contributed by atoms with Crippen molar-refractivity contribution >= 4 is 32.7 Å². The van der Waals surface area contributed by atoms with Gasteiger partial charge in [0, 0.05) is 25.2 Å². The molecular weight excluding hydrogens is 328 g/mol. The molecule has 0 unspecified atom stereocenters. The molecule has 1 fully saturated rings. The summed E-state index contributed by atoms with van der Waals surface area (Å²) >= 11 is 0. The lowest BCUT2D eigenvalue weighted by Crippen LogP contribution is -2.38. The quantitative estimate of drug-likeness (QED) is 0.880. The number of imidazole rings is 1. The number of anilines is 1. The van der Waals surface area contributed by atoms with Crippen LogP contribution in [-0.4, -0.2) is 47.9 Å². The highest BCUT2D eigenvalue weighted by atomic mass is 32.2. The van der Waals surface area contributed by atoms with Crippen molar-refractivity contribution in [2.24, 2.45) is 5.92 Å². The van der Waals surface area contributed by atoms with E-state index in [-0.39, 0.29) is 11.8 Å². The third-order valence-electron chi connectivity index (χ3n) is 4.40. The van der Waals surface area contributed by atoms with Gasteiger partial charge in [-0.05, 0) is 43.9 Å². The highest BCUT2D eigenvalue weighted by Crippen LogP contribution is 2.23. The number of H-pyrrole nitrogens is 1. The summed E-state index contributed by atoms with van der Waals surface area (Å²) in [4.78, 5) is 19.7. The van der Waals surface area contributed by atoms with Crippen LogP contribution in [0, 0.1) is 12.8 Å². The normalized spacial score (nSPS) is 17.2. The van der Waals surface area contributed by atoms with Gasteiger partial charge in [-0.25, -0.2) is 17.7 Å². The molecule has 1 saturated heterocycles. The molecule has 1 aliphatic rings. The summed E-state index contributed by atoms with van der Waals surface area (Å²) in [6, 6.07) is 5.59. The second kappa shape index (κ2) is 6.52. The lowest BCUT2D eigenvalue weighted by molar-refractivity contribution is -0.117. The Hall–Kier alpha value is -1.93. The minimum absolute atomic E-state index is 0.0385. The zero-order valence-electron chi connectivity index (χ0n) is 13.9. The molecule has 0 spiro atoms. The number of nitrogens with one attached hydrogen (secondary N) is 2. The molecule has 2 aromatic rings. The molecule has 2 N–H and O–H groups in total. The van der Waals surface area contributed by atoms with E-state index >= 15 is 0 Å². The van der Waals surface area contributed by atoms with E-state index in [2.05, 4.69) is 15.3 Å². The number of sulfonamides is 1. The Bertz CT molecular complexity index is 851. The van der Waals surface area contributed by atoms with Crippen LogP contribution in [0.15, 0.2) is 18.2 Å².